The van der Waals surface area contributed by atoms with E-state index in [-0.39, 0.29) is 40.3 Å². The van der Waals surface area contributed by atoms with Gasteiger partial charge in [-0.2, -0.15) is 13.5 Å². The van der Waals surface area contributed by atoms with Crippen LogP contribution in [0.2, 0.25) is 10.0 Å². The standard InChI is InChI=1S/C26H24Cl2N6O5S/c1-15(16-4-5-16)31-25(35)19-13-17(27)6-7-21(19)32-26(36)22-14-23(33-34(22)24-20(28)3-2-10-30-24)40(37,38)39-18-8-11-29-12-9-18/h2-3,6-13,15-16,22H,4-5,14H2,1H3,(H,31,35)(H,32,36). The van der Waals surface area contributed by atoms with Crippen molar-refractivity contribution in [3.8, 4) is 5.75 Å². The highest BCUT2D eigenvalue weighted by molar-refractivity contribution is 8.02. The average molecular weight is 603 g/mol. The van der Waals surface area contributed by atoms with Gasteiger partial charge in [0.1, 0.15) is 11.8 Å². The van der Waals surface area contributed by atoms with E-state index in [1.54, 1.807) is 6.07 Å². The van der Waals surface area contributed by atoms with E-state index in [1.165, 1.54) is 55.0 Å². The maximum Gasteiger partial charge on any atom is 0.354 e. The molecule has 2 aromatic heterocycles. The predicted octanol–water partition coefficient (Wildman–Crippen LogP) is 4.25. The van der Waals surface area contributed by atoms with Gasteiger partial charge in [-0.05, 0) is 56.0 Å². The number of hydrazone groups is 1. The highest BCUT2D eigenvalue weighted by Gasteiger charge is 2.41. The van der Waals surface area contributed by atoms with E-state index >= 15 is 0 Å². The number of halogens is 2. The number of rotatable bonds is 8. The largest absolute Gasteiger partial charge is 0.378 e. The number of pyridine rings is 2. The Morgan fingerprint density at radius 3 is 2.55 bits per heavy atom. The van der Waals surface area contributed by atoms with Crippen LogP contribution in [-0.2, 0) is 14.9 Å². The number of carbonyl (C=O) groups is 2. The summed E-state index contributed by atoms with van der Waals surface area (Å²) in [6.07, 6.45) is 5.94. The summed E-state index contributed by atoms with van der Waals surface area (Å²) < 4.78 is 31.4. The lowest BCUT2D eigenvalue weighted by molar-refractivity contribution is -0.117. The third-order valence-corrected chi connectivity index (χ3v) is 8.22. The SMILES string of the molecule is CC(NC(=O)c1cc(Cl)ccc1NC(=O)C1CC(S(=O)(=O)Oc2ccncc2)=NN1c1ncccc1Cl)C1CC1. The predicted molar refractivity (Wildman–Crippen MR) is 151 cm³/mol. The van der Waals surface area contributed by atoms with E-state index in [0.29, 0.717) is 10.9 Å². The second kappa shape index (κ2) is 11.4. The zero-order valence-electron chi connectivity index (χ0n) is 21.1. The fourth-order valence-corrected chi connectivity index (χ4v) is 5.57. The van der Waals surface area contributed by atoms with Gasteiger partial charge in [0, 0.05) is 48.2 Å². The van der Waals surface area contributed by atoms with Gasteiger partial charge in [-0.25, -0.2) is 9.99 Å². The molecule has 5 rings (SSSR count). The lowest BCUT2D eigenvalue weighted by atomic mass is 10.1. The smallest absolute Gasteiger partial charge is 0.354 e. The minimum atomic E-state index is -4.40. The molecule has 1 fully saturated rings. The number of nitrogens with one attached hydrogen (secondary N) is 2. The Labute approximate surface area is 240 Å². The van der Waals surface area contributed by atoms with Gasteiger partial charge in [0.25, 0.3) is 5.91 Å². The van der Waals surface area contributed by atoms with Crippen LogP contribution in [0.15, 0.2) is 66.2 Å². The van der Waals surface area contributed by atoms with Crippen LogP contribution in [0.3, 0.4) is 0 Å². The van der Waals surface area contributed by atoms with Gasteiger partial charge in [0.2, 0.25) is 5.91 Å². The minimum absolute atomic E-state index is 0.0327. The van der Waals surface area contributed by atoms with Gasteiger partial charge in [0.15, 0.2) is 10.9 Å². The Morgan fingerprint density at radius 1 is 1.10 bits per heavy atom. The van der Waals surface area contributed by atoms with Crippen molar-refractivity contribution in [1.82, 2.24) is 15.3 Å². The number of nitrogens with zero attached hydrogens (tertiary/aromatic N) is 4. The van der Waals surface area contributed by atoms with Crippen molar-refractivity contribution in [1.29, 1.82) is 0 Å². The van der Waals surface area contributed by atoms with Crippen molar-refractivity contribution >= 4 is 61.7 Å². The van der Waals surface area contributed by atoms with E-state index in [0.717, 1.165) is 17.9 Å². The first-order valence-corrected chi connectivity index (χ1v) is 14.5. The molecule has 2 atom stereocenters. The molecule has 2 N–H and O–H groups in total. The molecule has 2 aliphatic rings. The molecule has 1 aliphatic heterocycles. The highest BCUT2D eigenvalue weighted by atomic mass is 35.5. The number of aromatic nitrogens is 2. The van der Waals surface area contributed by atoms with Gasteiger partial charge in [-0.1, -0.05) is 23.2 Å². The van der Waals surface area contributed by atoms with Crippen LogP contribution >= 0.6 is 23.2 Å². The van der Waals surface area contributed by atoms with E-state index in [1.807, 2.05) is 6.92 Å². The summed E-state index contributed by atoms with van der Waals surface area (Å²) in [5, 5.41) is 11.1. The summed E-state index contributed by atoms with van der Waals surface area (Å²) >= 11 is 12.5. The van der Waals surface area contributed by atoms with Crippen molar-refractivity contribution in [2.75, 3.05) is 10.3 Å². The van der Waals surface area contributed by atoms with Gasteiger partial charge in [-0.3, -0.25) is 14.6 Å². The van der Waals surface area contributed by atoms with Crippen molar-refractivity contribution in [2.45, 2.75) is 38.3 Å². The zero-order chi connectivity index (χ0) is 28.4. The van der Waals surface area contributed by atoms with Crippen molar-refractivity contribution in [2.24, 2.45) is 11.0 Å². The summed E-state index contributed by atoms with van der Waals surface area (Å²) in [6, 6.07) is 9.17. The highest BCUT2D eigenvalue weighted by Crippen LogP contribution is 2.34. The van der Waals surface area contributed by atoms with E-state index in [9.17, 15) is 18.0 Å². The molecular weight excluding hydrogens is 579 g/mol. The normalized spacial score (nSPS) is 17.6. The van der Waals surface area contributed by atoms with Crippen LogP contribution in [0, 0.1) is 5.92 Å². The third-order valence-electron chi connectivity index (χ3n) is 6.46. The van der Waals surface area contributed by atoms with Crippen LogP contribution in [0.5, 0.6) is 5.75 Å². The molecule has 0 saturated heterocycles. The van der Waals surface area contributed by atoms with E-state index in [4.69, 9.17) is 27.4 Å². The monoisotopic (exact) mass is 602 g/mol. The topological polar surface area (TPSA) is 143 Å². The van der Waals surface area contributed by atoms with Crippen LogP contribution < -0.4 is 19.8 Å². The number of benzene rings is 1. The van der Waals surface area contributed by atoms with Crippen LogP contribution in [0.25, 0.3) is 0 Å². The summed E-state index contributed by atoms with van der Waals surface area (Å²) in [6.45, 7) is 1.93. The molecule has 11 nitrogen and oxygen atoms in total. The molecule has 0 bridgehead atoms. The number of anilines is 2. The van der Waals surface area contributed by atoms with Crippen molar-refractivity contribution in [3.63, 3.8) is 0 Å². The summed E-state index contributed by atoms with van der Waals surface area (Å²) in [4.78, 5) is 34.7. The Bertz CT molecular complexity index is 1580. The molecule has 40 heavy (non-hydrogen) atoms. The average Bonchev–Trinajstić information content (AvgIpc) is 3.68. The Kier molecular flexibility index (Phi) is 7.92. The van der Waals surface area contributed by atoms with Gasteiger partial charge in [-0.15, -0.1) is 0 Å². The zero-order valence-corrected chi connectivity index (χ0v) is 23.4. The lowest BCUT2D eigenvalue weighted by Crippen LogP contribution is -2.40. The molecule has 3 aromatic rings. The molecule has 14 heteroatoms. The molecular formula is C26H24Cl2N6O5S. The van der Waals surface area contributed by atoms with E-state index < -0.39 is 33.0 Å². The number of carbonyl (C=O) groups excluding carboxylic acids is 2. The summed E-state index contributed by atoms with van der Waals surface area (Å²) in [5.74, 6) is -0.510. The van der Waals surface area contributed by atoms with Gasteiger partial charge < -0.3 is 14.8 Å². The number of hydrogen-bond donors (Lipinski definition) is 2. The number of amides is 2. The first-order chi connectivity index (χ1) is 19.1. The fraction of sp³-hybridized carbons (Fsp3) is 0.269. The molecule has 0 spiro atoms. The summed E-state index contributed by atoms with van der Waals surface area (Å²) in [5.41, 5.74) is 0.370. The molecule has 208 valence electrons. The second-order valence-corrected chi connectivity index (χ2v) is 11.8. The quantitative estimate of drug-likeness (QED) is 0.364. The minimum Gasteiger partial charge on any atom is -0.378 e. The molecule has 1 aliphatic carbocycles. The van der Waals surface area contributed by atoms with Crippen LogP contribution in [0.1, 0.15) is 36.5 Å². The van der Waals surface area contributed by atoms with Crippen molar-refractivity contribution < 1.29 is 22.2 Å². The molecule has 2 unspecified atom stereocenters. The molecule has 1 aromatic carbocycles. The Hall–Kier alpha value is -3.74. The molecule has 2 amide bonds. The Balaban J connectivity index is 1.42. The number of hydrogen-bond acceptors (Lipinski definition) is 9. The maximum absolute atomic E-state index is 13.6. The third kappa shape index (κ3) is 6.19. The van der Waals surface area contributed by atoms with Crippen LogP contribution in [0.4, 0.5) is 11.5 Å². The van der Waals surface area contributed by atoms with E-state index in [2.05, 4.69) is 25.7 Å². The fourth-order valence-electron chi connectivity index (χ4n) is 4.18. The molecule has 1 saturated carbocycles. The van der Waals surface area contributed by atoms with Crippen LogP contribution in [-0.4, -0.2) is 47.3 Å². The van der Waals surface area contributed by atoms with Gasteiger partial charge >= 0.3 is 10.1 Å². The summed E-state index contributed by atoms with van der Waals surface area (Å²) in [7, 11) is -4.40. The maximum atomic E-state index is 13.6. The second-order valence-electron chi connectivity index (χ2n) is 9.37. The Morgan fingerprint density at radius 2 is 1.85 bits per heavy atom. The molecule has 3 heterocycles. The van der Waals surface area contributed by atoms with Gasteiger partial charge in [0.05, 0.1) is 16.3 Å². The first kappa shape index (κ1) is 27.8. The first-order valence-electron chi connectivity index (χ1n) is 12.4. The van der Waals surface area contributed by atoms with Crippen molar-refractivity contribution in [3.05, 3.63) is 76.7 Å². The lowest BCUT2D eigenvalue weighted by Gasteiger charge is -2.23. The molecule has 0 radical (unpaired) electrons.